The van der Waals surface area contributed by atoms with Gasteiger partial charge >= 0.3 is 12.1 Å². The second-order valence-corrected chi connectivity index (χ2v) is 9.73. The van der Waals surface area contributed by atoms with Gasteiger partial charge in [0.25, 0.3) is 0 Å². The number of sulfonamides is 1. The first kappa shape index (κ1) is 26.8. The maximum Gasteiger partial charge on any atom is 0.490 e. The van der Waals surface area contributed by atoms with Crippen molar-refractivity contribution in [2.45, 2.75) is 24.9 Å². The summed E-state index contributed by atoms with van der Waals surface area (Å²) in [6, 6.07) is 2.09. The number of carboxylic acid groups (broad SMARTS) is 1. The molecule has 0 atom stereocenters. The van der Waals surface area contributed by atoms with Crippen molar-refractivity contribution in [3.05, 3.63) is 18.1 Å². The number of fused-ring (bicyclic) bond motifs is 1. The lowest BCUT2D eigenvalue weighted by atomic mass is 9.94. The summed E-state index contributed by atoms with van der Waals surface area (Å²) in [4.78, 5) is 20.4. The van der Waals surface area contributed by atoms with Crippen molar-refractivity contribution < 1.29 is 36.2 Å². The molecule has 0 aromatic carbocycles. The summed E-state index contributed by atoms with van der Waals surface area (Å²) in [5.74, 6) is -1.66. The lowest BCUT2D eigenvalue weighted by molar-refractivity contribution is -0.192. The number of imidazole rings is 1. The number of nitrogens with zero attached hydrogens (tertiary/aromatic N) is 5. The van der Waals surface area contributed by atoms with Gasteiger partial charge in [-0.15, -0.1) is 0 Å². The van der Waals surface area contributed by atoms with Gasteiger partial charge in [0.2, 0.25) is 10.0 Å². The summed E-state index contributed by atoms with van der Waals surface area (Å²) in [5, 5.41) is 7.12. The number of carbonyl (C=O) groups is 1. The molecule has 1 aliphatic heterocycles. The maximum absolute atomic E-state index is 11.7. The highest BCUT2D eigenvalue weighted by molar-refractivity contribution is 7.88. The molecule has 186 valence electrons. The molecule has 1 aliphatic rings. The molecule has 2 aromatic heterocycles. The van der Waals surface area contributed by atoms with Gasteiger partial charge in [0.15, 0.2) is 5.82 Å². The van der Waals surface area contributed by atoms with E-state index in [9.17, 15) is 21.6 Å². The molecule has 3 rings (SSSR count). The summed E-state index contributed by atoms with van der Waals surface area (Å²) in [6.07, 6.45) is -0.443. The standard InChI is InChI=1S/C17H27N5O3S.C2HF3O2/c1-20(9-10-25-3)17-16-15(21(2)12-18-16)11-14(19-17)13-5-7-22(8-6-13)26(4,23)24;3-2(4,5)1(6)7/h11-13H,5-10H2,1-4H3;(H,6,7). The SMILES string of the molecule is COCCN(C)c1nc(C2CCN(S(C)(=O)=O)CC2)cc2c1ncn2C.O=C(O)C(F)(F)F. The highest BCUT2D eigenvalue weighted by atomic mass is 32.2. The third-order valence-corrected chi connectivity index (χ3v) is 6.59. The highest BCUT2D eigenvalue weighted by Crippen LogP contribution is 2.32. The van der Waals surface area contributed by atoms with Crippen LogP contribution in [0.5, 0.6) is 0 Å². The summed E-state index contributed by atoms with van der Waals surface area (Å²) >= 11 is 0. The van der Waals surface area contributed by atoms with E-state index in [2.05, 4.69) is 16.0 Å². The van der Waals surface area contributed by atoms with Gasteiger partial charge < -0.3 is 19.3 Å². The van der Waals surface area contributed by atoms with E-state index in [4.69, 9.17) is 19.6 Å². The molecular formula is C19H28F3N5O5S. The van der Waals surface area contributed by atoms with Crippen molar-refractivity contribution in [1.82, 2.24) is 18.8 Å². The van der Waals surface area contributed by atoms with Gasteiger partial charge in [-0.05, 0) is 18.9 Å². The Morgan fingerprint density at radius 2 is 1.91 bits per heavy atom. The Kier molecular flexibility index (Phi) is 8.65. The lowest BCUT2D eigenvalue weighted by Gasteiger charge is -2.30. The molecule has 0 saturated carbocycles. The van der Waals surface area contributed by atoms with Gasteiger partial charge in [-0.2, -0.15) is 13.2 Å². The van der Waals surface area contributed by atoms with Crippen LogP contribution in [0.3, 0.4) is 0 Å². The van der Waals surface area contributed by atoms with E-state index in [0.717, 1.165) is 41.9 Å². The van der Waals surface area contributed by atoms with Crippen LogP contribution in [0, 0.1) is 0 Å². The second-order valence-electron chi connectivity index (χ2n) is 7.75. The van der Waals surface area contributed by atoms with Gasteiger partial charge in [-0.3, -0.25) is 0 Å². The number of carboxylic acids is 1. The molecule has 2 aromatic rings. The Morgan fingerprint density at radius 3 is 2.39 bits per heavy atom. The van der Waals surface area contributed by atoms with E-state index in [1.807, 2.05) is 18.7 Å². The van der Waals surface area contributed by atoms with Crippen LogP contribution < -0.4 is 4.90 Å². The second kappa shape index (κ2) is 10.7. The van der Waals surface area contributed by atoms with Gasteiger partial charge in [-0.25, -0.2) is 27.5 Å². The zero-order valence-electron chi connectivity index (χ0n) is 18.8. The third kappa shape index (κ3) is 7.01. The van der Waals surface area contributed by atoms with E-state index in [1.54, 1.807) is 17.7 Å². The van der Waals surface area contributed by atoms with Crippen LogP contribution in [-0.4, -0.2) is 91.2 Å². The van der Waals surface area contributed by atoms with Gasteiger partial charge in [0, 0.05) is 52.5 Å². The zero-order chi connectivity index (χ0) is 25.0. The number of anilines is 1. The van der Waals surface area contributed by atoms with Crippen LogP contribution in [0.15, 0.2) is 12.4 Å². The number of pyridine rings is 1. The average molecular weight is 496 g/mol. The number of aromatic nitrogens is 3. The number of rotatable bonds is 6. The van der Waals surface area contributed by atoms with Crippen LogP contribution >= 0.6 is 0 Å². The number of halogens is 3. The minimum Gasteiger partial charge on any atom is -0.475 e. The Morgan fingerprint density at radius 1 is 1.33 bits per heavy atom. The molecule has 3 heterocycles. The summed E-state index contributed by atoms with van der Waals surface area (Å²) in [6.45, 7) is 2.43. The Balaban J connectivity index is 0.000000479. The van der Waals surface area contributed by atoms with Gasteiger partial charge in [-0.1, -0.05) is 0 Å². The molecule has 33 heavy (non-hydrogen) atoms. The molecule has 1 N–H and O–H groups in total. The van der Waals surface area contributed by atoms with Crippen molar-refractivity contribution in [3.63, 3.8) is 0 Å². The number of aryl methyl sites for hydroxylation is 1. The van der Waals surface area contributed by atoms with Crippen molar-refractivity contribution >= 4 is 32.8 Å². The molecule has 0 amide bonds. The fourth-order valence-corrected chi connectivity index (χ4v) is 4.30. The minimum atomic E-state index is -5.08. The highest BCUT2D eigenvalue weighted by Gasteiger charge is 2.38. The number of ether oxygens (including phenoxy) is 1. The van der Waals surface area contributed by atoms with E-state index >= 15 is 0 Å². The number of aliphatic carboxylic acids is 1. The summed E-state index contributed by atoms with van der Waals surface area (Å²) in [7, 11) is 2.53. The van der Waals surface area contributed by atoms with E-state index < -0.39 is 22.2 Å². The molecule has 0 aliphatic carbocycles. The molecule has 0 bridgehead atoms. The quantitative estimate of drug-likeness (QED) is 0.645. The Hall–Kier alpha value is -2.45. The van der Waals surface area contributed by atoms with Crippen LogP contribution in [0.4, 0.5) is 19.0 Å². The summed E-state index contributed by atoms with van der Waals surface area (Å²) < 4.78 is 63.9. The lowest BCUT2D eigenvalue weighted by Crippen LogP contribution is -2.37. The topological polar surface area (TPSA) is 118 Å². The van der Waals surface area contributed by atoms with Crippen LogP contribution in [0.1, 0.15) is 24.5 Å². The largest absolute Gasteiger partial charge is 0.490 e. The normalized spacial score (nSPS) is 15.8. The zero-order valence-corrected chi connectivity index (χ0v) is 19.6. The molecule has 1 fully saturated rings. The first-order valence-electron chi connectivity index (χ1n) is 10.0. The third-order valence-electron chi connectivity index (χ3n) is 5.29. The van der Waals surface area contributed by atoms with E-state index in [-0.39, 0.29) is 5.92 Å². The fraction of sp³-hybridized carbons (Fsp3) is 0.632. The molecular weight excluding hydrogens is 467 g/mol. The van der Waals surface area contributed by atoms with Crippen LogP contribution in [-0.2, 0) is 26.6 Å². The number of methoxy groups -OCH3 is 1. The van der Waals surface area contributed by atoms with Crippen LogP contribution in [0.25, 0.3) is 11.0 Å². The van der Waals surface area contributed by atoms with Gasteiger partial charge in [0.1, 0.15) is 5.52 Å². The molecule has 0 unspecified atom stereocenters. The fourth-order valence-electron chi connectivity index (χ4n) is 3.42. The smallest absolute Gasteiger partial charge is 0.475 e. The van der Waals surface area contributed by atoms with Crippen molar-refractivity contribution in [1.29, 1.82) is 0 Å². The van der Waals surface area contributed by atoms with Crippen molar-refractivity contribution in [3.8, 4) is 0 Å². The molecule has 0 radical (unpaired) electrons. The van der Waals surface area contributed by atoms with Crippen LogP contribution in [0.2, 0.25) is 0 Å². The van der Waals surface area contributed by atoms with Crippen molar-refractivity contribution in [2.24, 2.45) is 7.05 Å². The predicted octanol–water partition coefficient (Wildman–Crippen LogP) is 1.82. The molecule has 0 spiro atoms. The first-order chi connectivity index (χ1) is 15.3. The minimum absolute atomic E-state index is 0.252. The molecule has 1 saturated heterocycles. The van der Waals surface area contributed by atoms with E-state index in [1.165, 1.54) is 6.26 Å². The molecule has 14 heteroatoms. The maximum atomic E-state index is 11.7. The van der Waals surface area contributed by atoms with Crippen molar-refractivity contribution in [2.75, 3.05) is 51.6 Å². The Labute approximate surface area is 190 Å². The number of hydrogen-bond acceptors (Lipinski definition) is 7. The monoisotopic (exact) mass is 495 g/mol. The van der Waals surface area contributed by atoms with E-state index in [0.29, 0.717) is 19.7 Å². The number of hydrogen-bond donors (Lipinski definition) is 1. The number of piperidine rings is 1. The average Bonchev–Trinajstić information content (AvgIpc) is 3.11. The molecule has 10 nitrogen and oxygen atoms in total. The Bertz CT molecular complexity index is 1070. The predicted molar refractivity (Wildman–Crippen MR) is 116 cm³/mol. The summed E-state index contributed by atoms with van der Waals surface area (Å²) in [5.41, 5.74) is 2.93. The van der Waals surface area contributed by atoms with Gasteiger partial charge in [0.05, 0.1) is 24.7 Å². The number of likely N-dealkylation sites (N-methyl/N-ethyl adjacent to an activating group) is 1. The number of alkyl halides is 3. The first-order valence-corrected chi connectivity index (χ1v) is 11.9.